The summed E-state index contributed by atoms with van der Waals surface area (Å²) in [4.78, 5) is 15.8. The van der Waals surface area contributed by atoms with Crippen LogP contribution < -0.4 is 15.1 Å². The normalized spacial score (nSPS) is 14.7. The molecule has 1 aliphatic rings. The van der Waals surface area contributed by atoms with Crippen LogP contribution in [0.4, 0.5) is 11.4 Å². The first-order valence-electron chi connectivity index (χ1n) is 8.39. The van der Waals surface area contributed by atoms with Crippen molar-refractivity contribution in [2.45, 2.75) is 0 Å². The third kappa shape index (κ3) is 4.47. The highest BCUT2D eigenvalue weighted by atomic mass is 35.5. The molecule has 0 atom stereocenters. The van der Waals surface area contributed by atoms with Gasteiger partial charge in [-0.1, -0.05) is 35.3 Å². The first-order chi connectivity index (χ1) is 12.6. The van der Waals surface area contributed by atoms with E-state index in [4.69, 9.17) is 28.5 Å². The fourth-order valence-electron chi connectivity index (χ4n) is 3.09. The van der Waals surface area contributed by atoms with Gasteiger partial charge in [0.2, 0.25) is 0 Å². The summed E-state index contributed by atoms with van der Waals surface area (Å²) in [5.41, 5.74) is 1.90. The molecule has 0 saturated carbocycles. The van der Waals surface area contributed by atoms with E-state index in [-0.39, 0.29) is 5.91 Å². The molecule has 134 valence electrons. The number of quaternary nitrogens is 1. The minimum Gasteiger partial charge on any atom is -0.359 e. The van der Waals surface area contributed by atoms with Gasteiger partial charge in [-0.3, -0.25) is 4.79 Å². The van der Waals surface area contributed by atoms with Crippen LogP contribution in [0.5, 0.6) is 0 Å². The van der Waals surface area contributed by atoms with E-state index in [2.05, 4.69) is 16.3 Å². The van der Waals surface area contributed by atoms with Crippen LogP contribution in [0.3, 0.4) is 0 Å². The summed E-state index contributed by atoms with van der Waals surface area (Å²) in [6.45, 7) is 3.73. The Kier molecular flexibility index (Phi) is 6.00. The third-order valence-corrected chi connectivity index (χ3v) is 5.01. The Morgan fingerprint density at radius 1 is 1.19 bits per heavy atom. The van der Waals surface area contributed by atoms with Gasteiger partial charge in [-0.15, -0.1) is 0 Å². The van der Waals surface area contributed by atoms with Crippen LogP contribution in [-0.4, -0.2) is 38.6 Å². The van der Waals surface area contributed by atoms with E-state index < -0.39 is 0 Å². The fraction of sp³-hybridized carbons (Fsp3) is 0.263. The molecule has 1 amide bonds. The Labute approximate surface area is 162 Å². The Bertz CT molecular complexity index is 842. The zero-order valence-electron chi connectivity index (χ0n) is 14.1. The Morgan fingerprint density at radius 2 is 1.92 bits per heavy atom. The molecular formula is C19H19Cl2N4O+. The number of nitriles is 1. The molecule has 1 aliphatic heterocycles. The van der Waals surface area contributed by atoms with Gasteiger partial charge in [0.25, 0.3) is 5.91 Å². The van der Waals surface area contributed by atoms with Crippen LogP contribution in [0.15, 0.2) is 42.5 Å². The second-order valence-electron chi connectivity index (χ2n) is 6.22. The molecule has 2 aromatic rings. The van der Waals surface area contributed by atoms with Crippen molar-refractivity contribution < 1.29 is 9.69 Å². The number of piperazine rings is 1. The highest BCUT2D eigenvalue weighted by molar-refractivity contribution is 6.33. The van der Waals surface area contributed by atoms with Gasteiger partial charge in [0.05, 0.1) is 48.1 Å². The number of carbonyl (C=O) groups is 1. The van der Waals surface area contributed by atoms with E-state index in [9.17, 15) is 4.79 Å². The molecule has 5 nitrogen and oxygen atoms in total. The Morgan fingerprint density at radius 3 is 2.62 bits per heavy atom. The van der Waals surface area contributed by atoms with Gasteiger partial charge in [-0.2, -0.15) is 5.26 Å². The minimum absolute atomic E-state index is 0.120. The molecule has 0 radical (unpaired) electrons. The summed E-state index contributed by atoms with van der Waals surface area (Å²) in [6, 6.07) is 14.7. The summed E-state index contributed by atoms with van der Waals surface area (Å²) in [6.07, 6.45) is 0. The standard InChI is InChI=1S/C19H18Cl2N4O/c20-15-6-5-14(12-22)17(11-15)23-19(26)13-24-7-9-25(10-8-24)18-4-2-1-3-16(18)21/h1-6,11H,7-10,13H2,(H,23,26)/p+1. The number of hydrogen-bond acceptors (Lipinski definition) is 3. The number of nitrogens with one attached hydrogen (secondary N) is 2. The van der Waals surface area contributed by atoms with E-state index in [0.29, 0.717) is 22.8 Å². The highest BCUT2D eigenvalue weighted by Crippen LogP contribution is 2.24. The Hall–Kier alpha value is -2.26. The maximum atomic E-state index is 12.3. The number of hydrogen-bond donors (Lipinski definition) is 2. The lowest BCUT2D eigenvalue weighted by atomic mass is 10.2. The summed E-state index contributed by atoms with van der Waals surface area (Å²) in [7, 11) is 0. The van der Waals surface area contributed by atoms with Crippen molar-refractivity contribution in [2.75, 3.05) is 42.9 Å². The first kappa shape index (κ1) is 18.5. The van der Waals surface area contributed by atoms with Crippen LogP contribution in [-0.2, 0) is 4.79 Å². The van der Waals surface area contributed by atoms with Crippen molar-refractivity contribution in [2.24, 2.45) is 0 Å². The molecule has 1 heterocycles. The Balaban J connectivity index is 1.55. The van der Waals surface area contributed by atoms with E-state index in [1.165, 1.54) is 4.90 Å². The maximum Gasteiger partial charge on any atom is 0.279 e. The zero-order valence-corrected chi connectivity index (χ0v) is 15.6. The lowest BCUT2D eigenvalue weighted by Gasteiger charge is -2.33. The van der Waals surface area contributed by atoms with E-state index in [1.807, 2.05) is 24.3 Å². The molecule has 0 aromatic heterocycles. The molecule has 0 unspecified atom stereocenters. The first-order valence-corrected chi connectivity index (χ1v) is 9.15. The fourth-order valence-corrected chi connectivity index (χ4v) is 3.52. The van der Waals surface area contributed by atoms with Crippen molar-refractivity contribution in [3.8, 4) is 6.07 Å². The molecule has 26 heavy (non-hydrogen) atoms. The molecule has 0 bridgehead atoms. The molecule has 2 N–H and O–H groups in total. The van der Waals surface area contributed by atoms with Gasteiger partial charge >= 0.3 is 0 Å². The van der Waals surface area contributed by atoms with Gasteiger partial charge in [-0.25, -0.2) is 0 Å². The summed E-state index contributed by atoms with van der Waals surface area (Å²) >= 11 is 12.2. The average molecular weight is 390 g/mol. The van der Waals surface area contributed by atoms with Crippen LogP contribution in [0, 0.1) is 11.3 Å². The van der Waals surface area contributed by atoms with Gasteiger partial charge in [0.1, 0.15) is 6.07 Å². The van der Waals surface area contributed by atoms with Gasteiger partial charge < -0.3 is 15.1 Å². The zero-order chi connectivity index (χ0) is 18.5. The molecule has 2 aromatic carbocycles. The average Bonchev–Trinajstić information content (AvgIpc) is 2.63. The van der Waals surface area contributed by atoms with Crippen molar-refractivity contribution in [3.05, 3.63) is 58.1 Å². The number of nitrogens with zero attached hydrogens (tertiary/aromatic N) is 2. The second kappa shape index (κ2) is 8.41. The molecule has 3 rings (SSSR count). The van der Waals surface area contributed by atoms with Crippen molar-refractivity contribution >= 4 is 40.5 Å². The van der Waals surface area contributed by atoms with Crippen LogP contribution in [0.25, 0.3) is 0 Å². The topological polar surface area (TPSA) is 60.6 Å². The SMILES string of the molecule is N#Cc1ccc(Cl)cc1NC(=O)C[NH+]1CCN(c2ccccc2Cl)CC1. The number of rotatable bonds is 4. The molecular weight excluding hydrogens is 371 g/mol. The van der Waals surface area contributed by atoms with Crippen molar-refractivity contribution in [3.63, 3.8) is 0 Å². The quantitative estimate of drug-likeness (QED) is 0.842. The van der Waals surface area contributed by atoms with E-state index >= 15 is 0 Å². The van der Waals surface area contributed by atoms with E-state index in [1.54, 1.807) is 18.2 Å². The van der Waals surface area contributed by atoms with Gasteiger partial charge in [0.15, 0.2) is 6.54 Å². The predicted octanol–water partition coefficient (Wildman–Crippen LogP) is 2.21. The summed E-state index contributed by atoms with van der Waals surface area (Å²) in [5, 5.41) is 13.2. The molecule has 0 aliphatic carbocycles. The monoisotopic (exact) mass is 389 g/mol. The summed E-state index contributed by atoms with van der Waals surface area (Å²) < 4.78 is 0. The summed E-state index contributed by atoms with van der Waals surface area (Å²) in [5.74, 6) is -0.120. The second-order valence-corrected chi connectivity index (χ2v) is 7.06. The number of para-hydroxylation sites is 1. The van der Waals surface area contributed by atoms with Crippen LogP contribution >= 0.6 is 23.2 Å². The minimum atomic E-state index is -0.120. The lowest BCUT2D eigenvalue weighted by Crippen LogP contribution is -3.15. The van der Waals surface area contributed by atoms with Gasteiger partial charge in [-0.05, 0) is 30.3 Å². The van der Waals surface area contributed by atoms with Crippen LogP contribution in [0.1, 0.15) is 5.56 Å². The molecule has 1 fully saturated rings. The molecule has 0 spiro atoms. The number of carbonyl (C=O) groups excluding carboxylic acids is 1. The third-order valence-electron chi connectivity index (χ3n) is 4.45. The highest BCUT2D eigenvalue weighted by Gasteiger charge is 2.23. The number of amides is 1. The van der Waals surface area contributed by atoms with Crippen LogP contribution in [0.2, 0.25) is 10.0 Å². The maximum absolute atomic E-state index is 12.3. The predicted molar refractivity (Wildman–Crippen MR) is 104 cm³/mol. The lowest BCUT2D eigenvalue weighted by molar-refractivity contribution is -0.892. The largest absolute Gasteiger partial charge is 0.359 e. The number of halogens is 2. The smallest absolute Gasteiger partial charge is 0.279 e. The molecule has 1 saturated heterocycles. The number of anilines is 2. The number of benzene rings is 2. The van der Waals surface area contributed by atoms with Crippen molar-refractivity contribution in [1.29, 1.82) is 5.26 Å². The van der Waals surface area contributed by atoms with Crippen molar-refractivity contribution in [1.82, 2.24) is 0 Å². The van der Waals surface area contributed by atoms with Gasteiger partial charge in [0, 0.05) is 5.02 Å². The molecule has 7 heteroatoms. The van der Waals surface area contributed by atoms with E-state index in [0.717, 1.165) is 36.9 Å².